The summed E-state index contributed by atoms with van der Waals surface area (Å²) in [6.07, 6.45) is 2.67. The average Bonchev–Trinajstić information content (AvgIpc) is 2.31. The number of aliphatic hydroxyl groups is 1. The smallest absolute Gasteiger partial charge is 0.231 e. The van der Waals surface area contributed by atoms with Crippen LogP contribution in [0, 0.1) is 5.41 Å². The van der Waals surface area contributed by atoms with E-state index in [1.165, 1.54) is 0 Å². The van der Waals surface area contributed by atoms with Crippen LogP contribution in [0.25, 0.3) is 0 Å². The molecule has 4 heteroatoms. The first kappa shape index (κ1) is 13.6. The summed E-state index contributed by atoms with van der Waals surface area (Å²) in [6.45, 7) is 0.560. The Labute approximate surface area is 116 Å². The molecule has 18 heavy (non-hydrogen) atoms. The molecule has 0 heterocycles. The van der Waals surface area contributed by atoms with E-state index in [2.05, 4.69) is 15.9 Å². The molecule has 0 saturated heterocycles. The lowest BCUT2D eigenvalue weighted by Gasteiger charge is -2.41. The van der Waals surface area contributed by atoms with Crippen LogP contribution in [0.4, 0.5) is 0 Å². The first-order valence-electron chi connectivity index (χ1n) is 6.18. The summed E-state index contributed by atoms with van der Waals surface area (Å²) < 4.78 is 1.03. The molecule has 0 bridgehead atoms. The molecule has 0 unspecified atom stereocenters. The maximum atomic E-state index is 12.3. The van der Waals surface area contributed by atoms with Crippen LogP contribution in [-0.2, 0) is 11.3 Å². The normalized spacial score (nSPS) is 17.1. The van der Waals surface area contributed by atoms with Gasteiger partial charge in [-0.15, -0.1) is 0 Å². The van der Waals surface area contributed by atoms with Gasteiger partial charge in [0, 0.05) is 18.1 Å². The summed E-state index contributed by atoms with van der Waals surface area (Å²) in [5.74, 6) is 0.0687. The van der Waals surface area contributed by atoms with Crippen molar-refractivity contribution in [3.63, 3.8) is 0 Å². The van der Waals surface area contributed by atoms with Gasteiger partial charge in [-0.25, -0.2) is 0 Å². The number of carbonyl (C=O) groups excluding carboxylic acids is 1. The number of hydrogen-bond donors (Lipinski definition) is 1. The zero-order valence-corrected chi connectivity index (χ0v) is 12.1. The molecule has 0 atom stereocenters. The molecule has 3 nitrogen and oxygen atoms in total. The Kier molecular flexibility index (Phi) is 4.07. The molecule has 1 saturated carbocycles. The highest BCUT2D eigenvalue weighted by Crippen LogP contribution is 2.42. The number of halogens is 1. The highest BCUT2D eigenvalue weighted by Gasteiger charge is 2.44. The second-order valence-corrected chi connectivity index (χ2v) is 6.00. The maximum absolute atomic E-state index is 12.3. The van der Waals surface area contributed by atoms with Gasteiger partial charge in [0.1, 0.15) is 0 Å². The number of rotatable bonds is 4. The van der Waals surface area contributed by atoms with Crippen LogP contribution in [0.5, 0.6) is 0 Å². The lowest BCUT2D eigenvalue weighted by molar-refractivity contribution is -0.150. The zero-order valence-electron chi connectivity index (χ0n) is 10.5. The first-order valence-corrected chi connectivity index (χ1v) is 6.97. The van der Waals surface area contributed by atoms with Gasteiger partial charge in [0.25, 0.3) is 0 Å². The number of nitrogens with zero attached hydrogens (tertiary/aromatic N) is 1. The second-order valence-electron chi connectivity index (χ2n) is 5.08. The van der Waals surface area contributed by atoms with E-state index in [-0.39, 0.29) is 12.5 Å². The van der Waals surface area contributed by atoms with Crippen molar-refractivity contribution in [3.8, 4) is 0 Å². The van der Waals surface area contributed by atoms with Gasteiger partial charge >= 0.3 is 0 Å². The average molecular weight is 312 g/mol. The van der Waals surface area contributed by atoms with Gasteiger partial charge in [-0.1, -0.05) is 34.5 Å². The van der Waals surface area contributed by atoms with Crippen LogP contribution in [0.15, 0.2) is 28.7 Å². The molecular formula is C14H18BrNO2. The van der Waals surface area contributed by atoms with Crippen molar-refractivity contribution in [2.24, 2.45) is 5.41 Å². The molecule has 2 rings (SSSR count). The highest BCUT2D eigenvalue weighted by molar-refractivity contribution is 9.10. The van der Waals surface area contributed by atoms with E-state index in [4.69, 9.17) is 0 Å². The Hall–Kier alpha value is -0.870. The van der Waals surface area contributed by atoms with Gasteiger partial charge in [-0.05, 0) is 30.5 Å². The quantitative estimate of drug-likeness (QED) is 0.928. The minimum absolute atomic E-state index is 0.0312. The number of aliphatic hydroxyl groups excluding tert-OH is 1. The van der Waals surface area contributed by atoms with Crippen LogP contribution in [-0.4, -0.2) is 29.6 Å². The van der Waals surface area contributed by atoms with Crippen LogP contribution in [0.2, 0.25) is 0 Å². The van der Waals surface area contributed by atoms with E-state index in [0.717, 1.165) is 29.3 Å². The number of benzene rings is 1. The van der Waals surface area contributed by atoms with Crippen molar-refractivity contribution in [1.29, 1.82) is 0 Å². The van der Waals surface area contributed by atoms with E-state index in [0.29, 0.717) is 6.54 Å². The van der Waals surface area contributed by atoms with Gasteiger partial charge in [-0.2, -0.15) is 0 Å². The summed E-state index contributed by atoms with van der Waals surface area (Å²) in [6, 6.07) is 7.94. The third-order valence-corrected chi connectivity index (χ3v) is 4.28. The Bertz CT molecular complexity index is 420. The van der Waals surface area contributed by atoms with Crippen molar-refractivity contribution in [2.45, 2.75) is 25.8 Å². The molecule has 1 aliphatic carbocycles. The zero-order chi connectivity index (χ0) is 13.2. The molecule has 0 radical (unpaired) electrons. The van der Waals surface area contributed by atoms with E-state index < -0.39 is 5.41 Å². The van der Waals surface area contributed by atoms with Crippen LogP contribution >= 0.6 is 15.9 Å². The minimum Gasteiger partial charge on any atom is -0.395 e. The van der Waals surface area contributed by atoms with Gasteiger partial charge in [0.15, 0.2) is 0 Å². The van der Waals surface area contributed by atoms with Crippen molar-refractivity contribution in [1.82, 2.24) is 4.90 Å². The predicted octanol–water partition coefficient (Wildman–Crippen LogP) is 2.57. The van der Waals surface area contributed by atoms with E-state index in [9.17, 15) is 9.90 Å². The van der Waals surface area contributed by atoms with E-state index in [1.54, 1.807) is 11.9 Å². The predicted molar refractivity (Wildman–Crippen MR) is 74.0 cm³/mol. The molecule has 0 aromatic heterocycles. The monoisotopic (exact) mass is 311 g/mol. The summed E-state index contributed by atoms with van der Waals surface area (Å²) in [4.78, 5) is 14.0. The Morgan fingerprint density at radius 1 is 1.39 bits per heavy atom. The molecule has 1 amide bonds. The first-order chi connectivity index (χ1) is 8.57. The molecule has 1 aliphatic rings. The lowest BCUT2D eigenvalue weighted by atomic mass is 9.68. The molecular weight excluding hydrogens is 294 g/mol. The third kappa shape index (κ3) is 2.59. The SMILES string of the molecule is CN(Cc1ccc(Br)cc1)C(=O)C1(CO)CCC1. The highest BCUT2D eigenvalue weighted by atomic mass is 79.9. The standard InChI is InChI=1S/C14H18BrNO2/c1-16(9-11-3-5-12(15)6-4-11)13(18)14(10-17)7-2-8-14/h3-6,17H,2,7-10H2,1H3. The maximum Gasteiger partial charge on any atom is 0.231 e. The van der Waals surface area contributed by atoms with Gasteiger partial charge in [0.2, 0.25) is 5.91 Å². The summed E-state index contributed by atoms with van der Waals surface area (Å²) in [5, 5.41) is 9.40. The third-order valence-electron chi connectivity index (χ3n) is 3.75. The summed E-state index contributed by atoms with van der Waals surface area (Å²) >= 11 is 3.39. The fourth-order valence-corrected chi connectivity index (χ4v) is 2.65. The molecule has 1 aromatic rings. The summed E-state index contributed by atoms with van der Waals surface area (Å²) in [7, 11) is 1.81. The molecule has 0 aliphatic heterocycles. The Morgan fingerprint density at radius 2 is 2.00 bits per heavy atom. The number of amides is 1. The minimum atomic E-state index is -0.496. The van der Waals surface area contributed by atoms with Crippen molar-refractivity contribution in [2.75, 3.05) is 13.7 Å². The second kappa shape index (κ2) is 5.41. The van der Waals surface area contributed by atoms with Gasteiger partial charge in [0.05, 0.1) is 12.0 Å². The lowest BCUT2D eigenvalue weighted by Crippen LogP contribution is -2.48. The number of hydrogen-bond acceptors (Lipinski definition) is 2. The molecule has 0 spiro atoms. The van der Waals surface area contributed by atoms with Crippen LogP contribution in [0.3, 0.4) is 0 Å². The van der Waals surface area contributed by atoms with Crippen LogP contribution in [0.1, 0.15) is 24.8 Å². The summed E-state index contributed by atoms with van der Waals surface area (Å²) in [5.41, 5.74) is 0.603. The molecule has 98 valence electrons. The fraction of sp³-hybridized carbons (Fsp3) is 0.500. The fourth-order valence-electron chi connectivity index (χ4n) is 2.38. The van der Waals surface area contributed by atoms with Gasteiger partial charge < -0.3 is 10.0 Å². The number of carbonyl (C=O) groups is 1. The Morgan fingerprint density at radius 3 is 2.44 bits per heavy atom. The van der Waals surface area contributed by atoms with Crippen molar-refractivity contribution < 1.29 is 9.90 Å². The van der Waals surface area contributed by atoms with Crippen molar-refractivity contribution >= 4 is 21.8 Å². The largest absolute Gasteiger partial charge is 0.395 e. The van der Waals surface area contributed by atoms with E-state index >= 15 is 0 Å². The van der Waals surface area contributed by atoms with Gasteiger partial charge in [-0.3, -0.25) is 4.79 Å². The topological polar surface area (TPSA) is 40.5 Å². The van der Waals surface area contributed by atoms with Crippen molar-refractivity contribution in [3.05, 3.63) is 34.3 Å². The Balaban J connectivity index is 2.01. The molecule has 1 fully saturated rings. The molecule has 1 N–H and O–H groups in total. The molecule has 1 aromatic carbocycles. The van der Waals surface area contributed by atoms with Crippen LogP contribution < -0.4 is 0 Å². The van der Waals surface area contributed by atoms with E-state index in [1.807, 2.05) is 24.3 Å².